The SMILES string of the molecule is CCc1cc(CN)ccc1C(=O)NCCCN. The van der Waals surface area contributed by atoms with E-state index in [0.29, 0.717) is 19.6 Å². The van der Waals surface area contributed by atoms with E-state index in [-0.39, 0.29) is 5.91 Å². The van der Waals surface area contributed by atoms with E-state index in [0.717, 1.165) is 29.5 Å². The third kappa shape index (κ3) is 3.84. The van der Waals surface area contributed by atoms with Gasteiger partial charge >= 0.3 is 0 Å². The fraction of sp³-hybridized carbons (Fsp3) is 0.462. The molecule has 0 heterocycles. The topological polar surface area (TPSA) is 81.1 Å². The van der Waals surface area contributed by atoms with Crippen molar-refractivity contribution in [1.29, 1.82) is 0 Å². The minimum atomic E-state index is -0.0288. The quantitative estimate of drug-likeness (QED) is 0.637. The van der Waals surface area contributed by atoms with E-state index in [2.05, 4.69) is 5.32 Å². The Morgan fingerprint density at radius 1 is 1.35 bits per heavy atom. The van der Waals surface area contributed by atoms with Gasteiger partial charge in [-0.25, -0.2) is 0 Å². The molecule has 0 atom stereocenters. The average Bonchev–Trinajstić information content (AvgIpc) is 2.38. The standard InChI is InChI=1S/C13H21N3O/c1-2-11-8-10(9-15)4-5-12(11)13(17)16-7-3-6-14/h4-5,8H,2-3,6-7,9,14-15H2,1H3,(H,16,17). The predicted octanol–water partition coefficient (Wildman–Crippen LogP) is 0.786. The number of amides is 1. The fourth-order valence-corrected chi connectivity index (χ4v) is 1.69. The molecule has 4 heteroatoms. The molecule has 0 bridgehead atoms. The molecule has 0 fully saturated rings. The molecule has 0 unspecified atom stereocenters. The van der Waals surface area contributed by atoms with Crippen LogP contribution in [0.1, 0.15) is 34.8 Å². The van der Waals surface area contributed by atoms with Crippen LogP contribution < -0.4 is 16.8 Å². The molecule has 5 N–H and O–H groups in total. The van der Waals surface area contributed by atoms with Crippen molar-refractivity contribution < 1.29 is 4.79 Å². The summed E-state index contributed by atoms with van der Waals surface area (Å²) in [6, 6.07) is 5.74. The summed E-state index contributed by atoms with van der Waals surface area (Å²) in [6.45, 7) is 3.75. The van der Waals surface area contributed by atoms with E-state index in [4.69, 9.17) is 11.5 Å². The van der Waals surface area contributed by atoms with Crippen LogP contribution in [0.3, 0.4) is 0 Å². The smallest absolute Gasteiger partial charge is 0.251 e. The van der Waals surface area contributed by atoms with Gasteiger partial charge in [0.1, 0.15) is 0 Å². The summed E-state index contributed by atoms with van der Waals surface area (Å²) < 4.78 is 0. The van der Waals surface area contributed by atoms with Gasteiger partial charge in [0.25, 0.3) is 5.91 Å². The molecule has 0 spiro atoms. The molecule has 17 heavy (non-hydrogen) atoms. The summed E-state index contributed by atoms with van der Waals surface area (Å²) >= 11 is 0. The van der Waals surface area contributed by atoms with Gasteiger partial charge < -0.3 is 16.8 Å². The van der Waals surface area contributed by atoms with E-state index < -0.39 is 0 Å². The van der Waals surface area contributed by atoms with Crippen molar-refractivity contribution in [1.82, 2.24) is 5.32 Å². The molecule has 1 aromatic carbocycles. The first-order valence-corrected chi connectivity index (χ1v) is 6.03. The van der Waals surface area contributed by atoms with E-state index in [1.165, 1.54) is 0 Å². The maximum absolute atomic E-state index is 11.9. The first kappa shape index (κ1) is 13.7. The Kier molecular flexibility index (Phi) is 5.66. The first-order valence-electron chi connectivity index (χ1n) is 6.03. The molecule has 1 aromatic rings. The molecule has 1 rings (SSSR count). The molecule has 0 saturated carbocycles. The summed E-state index contributed by atoms with van der Waals surface area (Å²) in [7, 11) is 0. The van der Waals surface area contributed by atoms with Gasteiger partial charge in [0.2, 0.25) is 0 Å². The van der Waals surface area contributed by atoms with Gasteiger partial charge in [-0.15, -0.1) is 0 Å². The summed E-state index contributed by atoms with van der Waals surface area (Å²) in [4.78, 5) is 11.9. The maximum atomic E-state index is 11.9. The van der Waals surface area contributed by atoms with Crippen molar-refractivity contribution >= 4 is 5.91 Å². The van der Waals surface area contributed by atoms with E-state index >= 15 is 0 Å². The number of aryl methyl sites for hydroxylation is 1. The van der Waals surface area contributed by atoms with Crippen molar-refractivity contribution in [2.75, 3.05) is 13.1 Å². The van der Waals surface area contributed by atoms with Crippen LogP contribution in [-0.4, -0.2) is 19.0 Å². The Bertz CT molecular complexity index is 377. The lowest BCUT2D eigenvalue weighted by atomic mass is 10.0. The zero-order valence-electron chi connectivity index (χ0n) is 10.3. The predicted molar refractivity (Wildman–Crippen MR) is 69.7 cm³/mol. The van der Waals surface area contributed by atoms with Crippen LogP contribution in [0.5, 0.6) is 0 Å². The Hall–Kier alpha value is -1.39. The van der Waals surface area contributed by atoms with E-state index in [1.807, 2.05) is 25.1 Å². The molecule has 94 valence electrons. The van der Waals surface area contributed by atoms with Gasteiger partial charge in [0.05, 0.1) is 0 Å². The molecular formula is C13H21N3O. The Labute approximate surface area is 102 Å². The third-order valence-electron chi connectivity index (χ3n) is 2.70. The minimum absolute atomic E-state index is 0.0288. The number of hydrogen-bond acceptors (Lipinski definition) is 3. The number of carbonyl (C=O) groups is 1. The number of hydrogen-bond donors (Lipinski definition) is 3. The average molecular weight is 235 g/mol. The Balaban J connectivity index is 2.78. The number of nitrogens with one attached hydrogen (secondary N) is 1. The van der Waals surface area contributed by atoms with Gasteiger partial charge in [-0.2, -0.15) is 0 Å². The number of nitrogens with two attached hydrogens (primary N) is 2. The van der Waals surface area contributed by atoms with Crippen LogP contribution in [0.25, 0.3) is 0 Å². The molecule has 0 radical (unpaired) electrons. The highest BCUT2D eigenvalue weighted by Gasteiger charge is 2.09. The summed E-state index contributed by atoms with van der Waals surface area (Å²) in [5.41, 5.74) is 13.8. The van der Waals surface area contributed by atoms with Gasteiger partial charge in [0, 0.05) is 18.7 Å². The maximum Gasteiger partial charge on any atom is 0.251 e. The normalized spacial score (nSPS) is 10.3. The van der Waals surface area contributed by atoms with Crippen molar-refractivity contribution in [2.24, 2.45) is 11.5 Å². The summed E-state index contributed by atoms with van der Waals surface area (Å²) in [6.07, 6.45) is 1.63. The Morgan fingerprint density at radius 3 is 2.71 bits per heavy atom. The van der Waals surface area contributed by atoms with E-state index in [9.17, 15) is 4.79 Å². The molecule has 0 aliphatic carbocycles. The second-order valence-corrected chi connectivity index (χ2v) is 3.95. The molecule has 4 nitrogen and oxygen atoms in total. The van der Waals surface area contributed by atoms with Gasteiger partial charge in [-0.1, -0.05) is 19.1 Å². The van der Waals surface area contributed by atoms with Crippen LogP contribution >= 0.6 is 0 Å². The highest BCUT2D eigenvalue weighted by molar-refractivity contribution is 5.95. The first-order chi connectivity index (χ1) is 8.22. The van der Waals surface area contributed by atoms with Crippen molar-refractivity contribution in [3.63, 3.8) is 0 Å². The molecule has 0 saturated heterocycles. The lowest BCUT2D eigenvalue weighted by Crippen LogP contribution is -2.27. The highest BCUT2D eigenvalue weighted by atomic mass is 16.1. The van der Waals surface area contributed by atoms with Crippen molar-refractivity contribution in [3.8, 4) is 0 Å². The zero-order valence-corrected chi connectivity index (χ0v) is 10.3. The summed E-state index contributed by atoms with van der Waals surface area (Å²) in [5, 5.41) is 2.86. The van der Waals surface area contributed by atoms with Gasteiger partial charge in [-0.05, 0) is 36.6 Å². The van der Waals surface area contributed by atoms with Gasteiger partial charge in [-0.3, -0.25) is 4.79 Å². The van der Waals surface area contributed by atoms with Gasteiger partial charge in [0.15, 0.2) is 0 Å². The second-order valence-electron chi connectivity index (χ2n) is 3.95. The van der Waals surface area contributed by atoms with E-state index in [1.54, 1.807) is 0 Å². The van der Waals surface area contributed by atoms with Crippen molar-refractivity contribution in [3.05, 3.63) is 34.9 Å². The van der Waals surface area contributed by atoms with Crippen LogP contribution in [0.2, 0.25) is 0 Å². The molecule has 0 aromatic heterocycles. The zero-order chi connectivity index (χ0) is 12.7. The fourth-order valence-electron chi connectivity index (χ4n) is 1.69. The molecule has 0 aliphatic rings. The van der Waals surface area contributed by atoms with Crippen LogP contribution in [0, 0.1) is 0 Å². The lowest BCUT2D eigenvalue weighted by Gasteiger charge is -2.10. The second kappa shape index (κ2) is 7.04. The number of benzene rings is 1. The third-order valence-corrected chi connectivity index (χ3v) is 2.70. The summed E-state index contributed by atoms with van der Waals surface area (Å²) in [5.74, 6) is -0.0288. The molecule has 1 amide bonds. The van der Waals surface area contributed by atoms with Crippen molar-refractivity contribution in [2.45, 2.75) is 26.3 Å². The highest BCUT2D eigenvalue weighted by Crippen LogP contribution is 2.12. The number of rotatable bonds is 6. The van der Waals surface area contributed by atoms with Crippen LogP contribution in [-0.2, 0) is 13.0 Å². The number of carbonyl (C=O) groups excluding carboxylic acids is 1. The molecular weight excluding hydrogens is 214 g/mol. The van der Waals surface area contributed by atoms with Crippen LogP contribution in [0.4, 0.5) is 0 Å². The monoisotopic (exact) mass is 235 g/mol. The lowest BCUT2D eigenvalue weighted by molar-refractivity contribution is 0.0952. The largest absolute Gasteiger partial charge is 0.352 e. The van der Waals surface area contributed by atoms with Crippen LogP contribution in [0.15, 0.2) is 18.2 Å². The molecule has 0 aliphatic heterocycles. The minimum Gasteiger partial charge on any atom is -0.352 e. The Morgan fingerprint density at radius 2 is 2.12 bits per heavy atom.